The van der Waals surface area contributed by atoms with Crippen molar-refractivity contribution in [1.29, 1.82) is 0 Å². The summed E-state index contributed by atoms with van der Waals surface area (Å²) in [7, 11) is 0. The second kappa shape index (κ2) is 7.22. The van der Waals surface area contributed by atoms with Crippen LogP contribution in [0.2, 0.25) is 0 Å². The summed E-state index contributed by atoms with van der Waals surface area (Å²) in [4.78, 5) is 23.6. The van der Waals surface area contributed by atoms with E-state index in [9.17, 15) is 14.7 Å². The highest BCUT2D eigenvalue weighted by molar-refractivity contribution is 5.96. The van der Waals surface area contributed by atoms with Gasteiger partial charge >= 0.3 is 0 Å². The van der Waals surface area contributed by atoms with Gasteiger partial charge in [-0.25, -0.2) is 0 Å². The van der Waals surface area contributed by atoms with Crippen molar-refractivity contribution < 1.29 is 19.1 Å². The van der Waals surface area contributed by atoms with Gasteiger partial charge in [-0.05, 0) is 32.0 Å². The molecular formula is C18H18N4O4. The van der Waals surface area contributed by atoms with Crippen molar-refractivity contribution in [3.05, 3.63) is 48.4 Å². The predicted molar refractivity (Wildman–Crippen MR) is 94.6 cm³/mol. The number of para-hydroxylation sites is 1. The maximum absolute atomic E-state index is 11.9. The number of fused-ring (bicyclic) bond motifs is 1. The molecule has 0 bridgehead atoms. The SMILES string of the molecule is CC(C)n1c(O)c(N=NC(=O)CNC(=O)c2ccco2)c2ccccc21. The molecule has 0 saturated heterocycles. The lowest BCUT2D eigenvalue weighted by Crippen LogP contribution is -2.28. The molecule has 0 aliphatic carbocycles. The Morgan fingerprint density at radius 1 is 1.23 bits per heavy atom. The fourth-order valence-electron chi connectivity index (χ4n) is 2.65. The molecule has 0 aliphatic rings. The minimum atomic E-state index is -0.648. The number of carbonyl (C=O) groups is 2. The molecule has 8 nitrogen and oxygen atoms in total. The monoisotopic (exact) mass is 354 g/mol. The molecule has 0 radical (unpaired) electrons. The smallest absolute Gasteiger partial charge is 0.287 e. The number of carbonyl (C=O) groups excluding carboxylic acids is 2. The van der Waals surface area contributed by atoms with E-state index in [1.54, 1.807) is 16.7 Å². The number of hydrogen-bond donors (Lipinski definition) is 2. The highest BCUT2D eigenvalue weighted by Crippen LogP contribution is 2.40. The van der Waals surface area contributed by atoms with Crippen LogP contribution >= 0.6 is 0 Å². The number of aromatic hydroxyl groups is 1. The van der Waals surface area contributed by atoms with E-state index in [4.69, 9.17) is 4.42 Å². The molecule has 0 unspecified atom stereocenters. The van der Waals surface area contributed by atoms with Gasteiger partial charge in [0.2, 0.25) is 5.88 Å². The van der Waals surface area contributed by atoms with Crippen molar-refractivity contribution in [2.75, 3.05) is 6.54 Å². The number of nitrogens with one attached hydrogen (secondary N) is 1. The first kappa shape index (κ1) is 17.4. The summed E-state index contributed by atoms with van der Waals surface area (Å²) < 4.78 is 6.65. The molecule has 134 valence electrons. The van der Waals surface area contributed by atoms with Gasteiger partial charge in [0.15, 0.2) is 11.4 Å². The first-order chi connectivity index (χ1) is 12.5. The zero-order valence-corrected chi connectivity index (χ0v) is 14.3. The van der Waals surface area contributed by atoms with Crippen molar-refractivity contribution in [2.45, 2.75) is 19.9 Å². The molecule has 1 aromatic carbocycles. The summed E-state index contributed by atoms with van der Waals surface area (Å²) in [5, 5.41) is 21.0. The largest absolute Gasteiger partial charge is 0.493 e. The molecule has 0 saturated carbocycles. The molecule has 26 heavy (non-hydrogen) atoms. The molecule has 0 aliphatic heterocycles. The Bertz CT molecular complexity index is 971. The third-order valence-electron chi connectivity index (χ3n) is 3.78. The molecule has 2 N–H and O–H groups in total. The zero-order chi connectivity index (χ0) is 18.7. The molecular weight excluding hydrogens is 336 g/mol. The minimum Gasteiger partial charge on any atom is -0.493 e. The van der Waals surface area contributed by atoms with Crippen LogP contribution in [0, 0.1) is 0 Å². The zero-order valence-electron chi connectivity index (χ0n) is 14.3. The quantitative estimate of drug-likeness (QED) is 0.683. The van der Waals surface area contributed by atoms with E-state index >= 15 is 0 Å². The van der Waals surface area contributed by atoms with Crippen LogP contribution in [-0.2, 0) is 4.79 Å². The van der Waals surface area contributed by atoms with Crippen molar-refractivity contribution in [2.24, 2.45) is 10.2 Å². The average Bonchev–Trinajstić information content (AvgIpc) is 3.24. The lowest BCUT2D eigenvalue weighted by Gasteiger charge is -2.10. The third-order valence-corrected chi connectivity index (χ3v) is 3.78. The van der Waals surface area contributed by atoms with Gasteiger partial charge in [-0.15, -0.1) is 10.2 Å². The molecule has 3 aromatic rings. The summed E-state index contributed by atoms with van der Waals surface area (Å²) in [5.41, 5.74) is 1.02. The van der Waals surface area contributed by atoms with Crippen molar-refractivity contribution in [3.63, 3.8) is 0 Å². The number of nitrogens with zero attached hydrogens (tertiary/aromatic N) is 3. The number of hydrogen-bond acceptors (Lipinski definition) is 5. The van der Waals surface area contributed by atoms with Gasteiger partial charge in [-0.2, -0.15) is 0 Å². The van der Waals surface area contributed by atoms with Gasteiger partial charge in [0.25, 0.3) is 11.8 Å². The Morgan fingerprint density at radius 2 is 2.00 bits per heavy atom. The third kappa shape index (κ3) is 3.34. The Labute approximate surface area is 149 Å². The van der Waals surface area contributed by atoms with Crippen LogP contribution in [0.5, 0.6) is 5.88 Å². The molecule has 0 fully saturated rings. The first-order valence-electron chi connectivity index (χ1n) is 8.07. The van der Waals surface area contributed by atoms with Crippen molar-refractivity contribution >= 4 is 28.4 Å². The van der Waals surface area contributed by atoms with E-state index in [2.05, 4.69) is 15.5 Å². The highest BCUT2D eigenvalue weighted by Gasteiger charge is 2.18. The van der Waals surface area contributed by atoms with Gasteiger partial charge in [0.05, 0.1) is 11.8 Å². The topological polar surface area (TPSA) is 109 Å². The molecule has 2 amide bonds. The summed E-state index contributed by atoms with van der Waals surface area (Å²) in [6, 6.07) is 10.4. The predicted octanol–water partition coefficient (Wildman–Crippen LogP) is 3.56. The molecule has 0 atom stereocenters. The fourth-order valence-corrected chi connectivity index (χ4v) is 2.65. The van der Waals surface area contributed by atoms with E-state index in [0.717, 1.165) is 5.52 Å². The van der Waals surface area contributed by atoms with Crippen LogP contribution in [0.15, 0.2) is 57.3 Å². The summed E-state index contributed by atoms with van der Waals surface area (Å²) in [5.74, 6) is -1.12. The van der Waals surface area contributed by atoms with Gasteiger partial charge in [-0.1, -0.05) is 18.2 Å². The Balaban J connectivity index is 1.77. The van der Waals surface area contributed by atoms with Gasteiger partial charge in [-0.3, -0.25) is 9.59 Å². The second-order valence-electron chi connectivity index (χ2n) is 5.91. The lowest BCUT2D eigenvalue weighted by atomic mass is 10.2. The minimum absolute atomic E-state index is 0.00661. The highest BCUT2D eigenvalue weighted by atomic mass is 16.3. The maximum Gasteiger partial charge on any atom is 0.287 e. The van der Waals surface area contributed by atoms with Crippen LogP contribution < -0.4 is 5.32 Å². The summed E-state index contributed by atoms with van der Waals surface area (Å²) >= 11 is 0. The first-order valence-corrected chi connectivity index (χ1v) is 8.07. The number of rotatable bonds is 5. The number of azo groups is 1. The standard InChI is InChI=1S/C18H18N4O4/c1-11(2)22-13-7-4-3-6-12(13)16(18(22)25)21-20-15(23)10-19-17(24)14-8-5-9-26-14/h3-9,11,25H,10H2,1-2H3,(H,19,24). The van der Waals surface area contributed by atoms with Crippen LogP contribution in [0.3, 0.4) is 0 Å². The molecule has 3 rings (SSSR count). The Kier molecular flexibility index (Phi) is 4.83. The Hall–Kier alpha value is -3.42. The van der Waals surface area contributed by atoms with Crippen LogP contribution in [0.25, 0.3) is 10.9 Å². The van der Waals surface area contributed by atoms with E-state index in [1.165, 1.54) is 12.3 Å². The maximum atomic E-state index is 11.9. The van der Waals surface area contributed by atoms with Crippen LogP contribution in [0.1, 0.15) is 30.4 Å². The molecule has 2 aromatic heterocycles. The number of benzene rings is 1. The van der Waals surface area contributed by atoms with Gasteiger partial charge in [0.1, 0.15) is 6.54 Å². The fraction of sp³-hybridized carbons (Fsp3) is 0.222. The Morgan fingerprint density at radius 3 is 2.69 bits per heavy atom. The number of aromatic nitrogens is 1. The second-order valence-corrected chi connectivity index (χ2v) is 5.91. The van der Waals surface area contributed by atoms with E-state index in [-0.39, 0.29) is 29.9 Å². The lowest BCUT2D eigenvalue weighted by molar-refractivity contribution is -0.117. The van der Waals surface area contributed by atoms with Gasteiger partial charge < -0.3 is 19.4 Å². The van der Waals surface area contributed by atoms with Gasteiger partial charge in [0, 0.05) is 11.4 Å². The summed E-state index contributed by atoms with van der Waals surface area (Å²) in [6.45, 7) is 3.54. The van der Waals surface area contributed by atoms with E-state index in [0.29, 0.717) is 5.39 Å². The molecule has 0 spiro atoms. The molecule has 8 heteroatoms. The average molecular weight is 354 g/mol. The normalized spacial score (nSPS) is 11.5. The molecule has 2 heterocycles. The summed E-state index contributed by atoms with van der Waals surface area (Å²) in [6.07, 6.45) is 1.36. The van der Waals surface area contributed by atoms with Crippen molar-refractivity contribution in [1.82, 2.24) is 9.88 Å². The van der Waals surface area contributed by atoms with Crippen LogP contribution in [0.4, 0.5) is 5.69 Å². The number of amides is 2. The van der Waals surface area contributed by atoms with Crippen molar-refractivity contribution in [3.8, 4) is 5.88 Å². The van der Waals surface area contributed by atoms with E-state index in [1.807, 2.05) is 32.0 Å². The number of furan rings is 1. The van der Waals surface area contributed by atoms with E-state index < -0.39 is 11.8 Å². The van der Waals surface area contributed by atoms with Crippen LogP contribution in [-0.4, -0.2) is 28.0 Å².